The Hall–Kier alpha value is -0.790. The highest BCUT2D eigenvalue weighted by Crippen LogP contribution is 1.99. The van der Waals surface area contributed by atoms with Crippen molar-refractivity contribution in [2.75, 3.05) is 0 Å². The summed E-state index contributed by atoms with van der Waals surface area (Å²) in [6.07, 6.45) is 1.66. The largest absolute Gasteiger partial charge is 0.545 e. The summed E-state index contributed by atoms with van der Waals surface area (Å²) in [5, 5.41) is 10.1. The van der Waals surface area contributed by atoms with E-state index in [4.69, 9.17) is 0 Å². The first-order valence-corrected chi connectivity index (χ1v) is 2.93. The molecular formula is C7H11O2-. The molecule has 0 aliphatic rings. The summed E-state index contributed by atoms with van der Waals surface area (Å²) < 4.78 is 0. The fourth-order valence-corrected chi connectivity index (χ4v) is 0.568. The van der Waals surface area contributed by atoms with Crippen molar-refractivity contribution >= 4 is 5.97 Å². The van der Waals surface area contributed by atoms with Gasteiger partial charge in [0.25, 0.3) is 0 Å². The molecule has 9 heavy (non-hydrogen) atoms. The van der Waals surface area contributed by atoms with Crippen molar-refractivity contribution in [1.82, 2.24) is 0 Å². The van der Waals surface area contributed by atoms with Crippen LogP contribution < -0.4 is 5.11 Å². The Morgan fingerprint density at radius 3 is 2.11 bits per heavy atom. The Kier molecular flexibility index (Phi) is 2.99. The minimum atomic E-state index is -1.08. The molecule has 0 rings (SSSR count). The number of aliphatic carboxylic acids is 1. The molecule has 0 aromatic heterocycles. The number of rotatable bonds is 2. The minimum absolute atomic E-state index is 0.280. The molecule has 0 heterocycles. The van der Waals surface area contributed by atoms with Gasteiger partial charge in [-0.25, -0.2) is 0 Å². The van der Waals surface area contributed by atoms with Gasteiger partial charge in [-0.2, -0.15) is 0 Å². The molecule has 0 aromatic rings. The standard InChI is InChI=1S/C7H12O2/c1-5(2)4-6(3)7(8)9/h4-5H,1-3H3,(H,8,9)/p-1/b6-4+. The molecule has 0 amide bonds. The molecule has 0 unspecified atom stereocenters. The molecule has 0 aromatic carbocycles. The zero-order chi connectivity index (χ0) is 7.44. The van der Waals surface area contributed by atoms with Crippen molar-refractivity contribution in [2.24, 2.45) is 5.92 Å². The van der Waals surface area contributed by atoms with Crippen molar-refractivity contribution in [2.45, 2.75) is 20.8 Å². The Labute approximate surface area is 55.2 Å². The van der Waals surface area contributed by atoms with Gasteiger partial charge >= 0.3 is 0 Å². The number of carbonyl (C=O) groups excluding carboxylic acids is 1. The van der Waals surface area contributed by atoms with E-state index >= 15 is 0 Å². The van der Waals surface area contributed by atoms with E-state index in [1.807, 2.05) is 13.8 Å². The third-order valence-corrected chi connectivity index (χ3v) is 0.905. The van der Waals surface area contributed by atoms with Crippen LogP contribution in [-0.2, 0) is 4.79 Å². The van der Waals surface area contributed by atoms with Crippen molar-refractivity contribution in [1.29, 1.82) is 0 Å². The molecule has 0 aliphatic carbocycles. The highest BCUT2D eigenvalue weighted by Gasteiger charge is 1.90. The highest BCUT2D eigenvalue weighted by atomic mass is 16.4. The lowest BCUT2D eigenvalue weighted by Gasteiger charge is -2.02. The van der Waals surface area contributed by atoms with Gasteiger partial charge in [0.15, 0.2) is 0 Å². The molecule has 0 N–H and O–H groups in total. The number of carboxylic acids is 1. The summed E-state index contributed by atoms with van der Waals surface area (Å²) in [7, 11) is 0. The number of hydrogen-bond acceptors (Lipinski definition) is 2. The highest BCUT2D eigenvalue weighted by molar-refractivity contribution is 5.83. The van der Waals surface area contributed by atoms with Crippen molar-refractivity contribution in [3.05, 3.63) is 11.6 Å². The number of hydrogen-bond donors (Lipinski definition) is 0. The van der Waals surface area contributed by atoms with Crippen LogP contribution in [0, 0.1) is 5.92 Å². The molecular weight excluding hydrogens is 116 g/mol. The van der Waals surface area contributed by atoms with Crippen LogP contribution in [-0.4, -0.2) is 5.97 Å². The number of carboxylic acid groups (broad SMARTS) is 1. The lowest BCUT2D eigenvalue weighted by molar-refractivity contribution is -0.299. The third-order valence-electron chi connectivity index (χ3n) is 0.905. The first-order chi connectivity index (χ1) is 4.04. The summed E-state index contributed by atoms with van der Waals surface area (Å²) in [6, 6.07) is 0. The molecule has 0 saturated heterocycles. The van der Waals surface area contributed by atoms with Crippen LogP contribution in [0.15, 0.2) is 11.6 Å². The van der Waals surface area contributed by atoms with Crippen LogP contribution >= 0.6 is 0 Å². The molecule has 0 spiro atoms. The van der Waals surface area contributed by atoms with E-state index < -0.39 is 5.97 Å². The van der Waals surface area contributed by atoms with Gasteiger partial charge in [-0.15, -0.1) is 0 Å². The average molecular weight is 127 g/mol. The normalized spacial score (nSPS) is 12.2. The summed E-state index contributed by atoms with van der Waals surface area (Å²) in [5.74, 6) is -0.799. The minimum Gasteiger partial charge on any atom is -0.545 e. The Balaban J connectivity index is 4.00. The fourth-order valence-electron chi connectivity index (χ4n) is 0.568. The maximum absolute atomic E-state index is 10.1. The zero-order valence-electron chi connectivity index (χ0n) is 5.97. The molecule has 0 radical (unpaired) electrons. The molecule has 0 bridgehead atoms. The van der Waals surface area contributed by atoms with Gasteiger partial charge in [-0.3, -0.25) is 0 Å². The Morgan fingerprint density at radius 2 is 2.00 bits per heavy atom. The predicted octanol–water partition coefficient (Wildman–Crippen LogP) is 0.339. The molecule has 2 heteroatoms. The molecule has 2 nitrogen and oxygen atoms in total. The van der Waals surface area contributed by atoms with Crippen molar-refractivity contribution < 1.29 is 9.90 Å². The van der Waals surface area contributed by atoms with Crippen molar-refractivity contribution in [3.8, 4) is 0 Å². The monoisotopic (exact) mass is 127 g/mol. The second kappa shape index (κ2) is 3.28. The topological polar surface area (TPSA) is 40.1 Å². The van der Waals surface area contributed by atoms with Crippen LogP contribution in [0.4, 0.5) is 0 Å². The summed E-state index contributed by atoms with van der Waals surface area (Å²) in [4.78, 5) is 10.1. The molecule has 0 fully saturated rings. The van der Waals surface area contributed by atoms with Crippen LogP contribution in [0.3, 0.4) is 0 Å². The molecule has 0 atom stereocenters. The average Bonchev–Trinajstić information content (AvgIpc) is 1.63. The van der Waals surface area contributed by atoms with E-state index in [0.717, 1.165) is 0 Å². The number of carbonyl (C=O) groups is 1. The SMILES string of the molecule is C/C(=C\C(C)C)C(=O)[O-]. The van der Waals surface area contributed by atoms with E-state index in [9.17, 15) is 9.90 Å². The Bertz CT molecular complexity index is 134. The van der Waals surface area contributed by atoms with Crippen LogP contribution in [0.5, 0.6) is 0 Å². The lowest BCUT2D eigenvalue weighted by atomic mass is 10.1. The van der Waals surface area contributed by atoms with Gasteiger partial charge in [0.05, 0.1) is 5.97 Å². The van der Waals surface area contributed by atoms with E-state index in [0.29, 0.717) is 5.57 Å². The van der Waals surface area contributed by atoms with Gasteiger partial charge in [0, 0.05) is 0 Å². The molecule has 0 aliphatic heterocycles. The van der Waals surface area contributed by atoms with Gasteiger partial charge in [0.1, 0.15) is 0 Å². The van der Waals surface area contributed by atoms with Gasteiger partial charge in [-0.05, 0) is 18.4 Å². The van der Waals surface area contributed by atoms with E-state index in [2.05, 4.69) is 0 Å². The molecule has 52 valence electrons. The van der Waals surface area contributed by atoms with Crippen LogP contribution in [0.1, 0.15) is 20.8 Å². The van der Waals surface area contributed by atoms with Crippen LogP contribution in [0.2, 0.25) is 0 Å². The third kappa shape index (κ3) is 3.76. The molecule has 0 saturated carbocycles. The summed E-state index contributed by atoms with van der Waals surface area (Å²) in [6.45, 7) is 5.38. The van der Waals surface area contributed by atoms with Gasteiger partial charge in [0.2, 0.25) is 0 Å². The number of allylic oxidation sites excluding steroid dienone is 1. The van der Waals surface area contributed by atoms with E-state index in [1.165, 1.54) is 6.92 Å². The summed E-state index contributed by atoms with van der Waals surface area (Å²) in [5.41, 5.74) is 0.310. The maximum Gasteiger partial charge on any atom is 0.0668 e. The second-order valence-corrected chi connectivity index (χ2v) is 2.38. The van der Waals surface area contributed by atoms with Crippen LogP contribution in [0.25, 0.3) is 0 Å². The second-order valence-electron chi connectivity index (χ2n) is 2.38. The maximum atomic E-state index is 10.1. The first kappa shape index (κ1) is 8.21. The summed E-state index contributed by atoms with van der Waals surface area (Å²) >= 11 is 0. The van der Waals surface area contributed by atoms with E-state index in [-0.39, 0.29) is 5.92 Å². The zero-order valence-corrected chi connectivity index (χ0v) is 5.97. The predicted molar refractivity (Wildman–Crippen MR) is 33.6 cm³/mol. The lowest BCUT2D eigenvalue weighted by Crippen LogP contribution is -2.23. The van der Waals surface area contributed by atoms with Crippen molar-refractivity contribution in [3.63, 3.8) is 0 Å². The fraction of sp³-hybridized carbons (Fsp3) is 0.571. The first-order valence-electron chi connectivity index (χ1n) is 2.93. The van der Waals surface area contributed by atoms with E-state index in [1.54, 1.807) is 6.08 Å². The van der Waals surface area contributed by atoms with Gasteiger partial charge < -0.3 is 9.90 Å². The van der Waals surface area contributed by atoms with Gasteiger partial charge in [-0.1, -0.05) is 19.9 Å². The Morgan fingerprint density at radius 1 is 1.56 bits per heavy atom. The quantitative estimate of drug-likeness (QED) is 0.502. The smallest absolute Gasteiger partial charge is 0.0668 e.